The van der Waals surface area contributed by atoms with Gasteiger partial charge in [-0.05, 0) is 19.3 Å². The number of rotatable bonds is 18. The summed E-state index contributed by atoms with van der Waals surface area (Å²) < 4.78 is 10.4. The molecule has 0 heterocycles. The van der Waals surface area contributed by atoms with Gasteiger partial charge in [-0.2, -0.15) is 0 Å². The van der Waals surface area contributed by atoms with Crippen LogP contribution >= 0.6 is 0 Å². The zero-order valence-corrected chi connectivity index (χ0v) is 16.7. The van der Waals surface area contributed by atoms with Crippen molar-refractivity contribution in [2.24, 2.45) is 0 Å². The van der Waals surface area contributed by atoms with E-state index >= 15 is 0 Å². The van der Waals surface area contributed by atoms with Gasteiger partial charge in [0.15, 0.2) is 0 Å². The second-order valence-electron chi connectivity index (χ2n) is 6.83. The molecule has 0 atom stereocenters. The van der Waals surface area contributed by atoms with E-state index in [9.17, 15) is 9.59 Å². The molecular formula is C21H40O4. The Bertz CT molecular complexity index is 315. The third kappa shape index (κ3) is 19.1. The molecule has 0 aromatic rings. The first-order valence-corrected chi connectivity index (χ1v) is 10.5. The molecule has 0 aromatic heterocycles. The van der Waals surface area contributed by atoms with Crippen molar-refractivity contribution >= 4 is 11.9 Å². The smallest absolute Gasteiger partial charge is 0.305 e. The van der Waals surface area contributed by atoms with Gasteiger partial charge < -0.3 is 9.47 Å². The highest BCUT2D eigenvalue weighted by Gasteiger charge is 2.07. The molecule has 0 aliphatic rings. The fraction of sp³-hybridized carbons (Fsp3) is 0.905. The lowest BCUT2D eigenvalue weighted by Gasteiger charge is -2.06. The largest absolute Gasteiger partial charge is 0.466 e. The van der Waals surface area contributed by atoms with Crippen LogP contribution in [0.1, 0.15) is 110 Å². The van der Waals surface area contributed by atoms with Crippen LogP contribution in [0.15, 0.2) is 0 Å². The van der Waals surface area contributed by atoms with Gasteiger partial charge >= 0.3 is 11.9 Å². The predicted molar refractivity (Wildman–Crippen MR) is 103 cm³/mol. The Kier molecular flexibility index (Phi) is 18.5. The Labute approximate surface area is 155 Å². The Morgan fingerprint density at radius 1 is 0.520 bits per heavy atom. The molecule has 0 rings (SSSR count). The van der Waals surface area contributed by atoms with Gasteiger partial charge in [0.05, 0.1) is 13.2 Å². The van der Waals surface area contributed by atoms with Crippen LogP contribution in [0.4, 0.5) is 0 Å². The van der Waals surface area contributed by atoms with E-state index in [0.717, 1.165) is 25.7 Å². The number of esters is 2. The quantitative estimate of drug-likeness (QED) is 0.224. The van der Waals surface area contributed by atoms with Gasteiger partial charge in [-0.3, -0.25) is 9.59 Å². The van der Waals surface area contributed by atoms with Crippen LogP contribution in [0, 0.1) is 0 Å². The van der Waals surface area contributed by atoms with Crippen LogP contribution in [-0.4, -0.2) is 25.2 Å². The van der Waals surface area contributed by atoms with Gasteiger partial charge in [0.25, 0.3) is 0 Å². The summed E-state index contributed by atoms with van der Waals surface area (Å²) in [5.74, 6) is -0.395. The third-order valence-corrected chi connectivity index (χ3v) is 4.28. The monoisotopic (exact) mass is 356 g/mol. The summed E-state index contributed by atoms with van der Waals surface area (Å²) in [7, 11) is 0. The van der Waals surface area contributed by atoms with Gasteiger partial charge in [-0.15, -0.1) is 0 Å². The molecule has 0 aliphatic carbocycles. The minimum atomic E-state index is -0.199. The molecule has 0 amide bonds. The second kappa shape index (κ2) is 19.3. The minimum absolute atomic E-state index is 0.196. The van der Waals surface area contributed by atoms with Gasteiger partial charge in [0.2, 0.25) is 0 Å². The summed E-state index contributed by atoms with van der Waals surface area (Å²) in [5.41, 5.74) is 0. The summed E-state index contributed by atoms with van der Waals surface area (Å²) in [5, 5.41) is 0. The summed E-state index contributed by atoms with van der Waals surface area (Å²) in [4.78, 5) is 23.1. The Balaban J connectivity index is 3.32. The maximum Gasteiger partial charge on any atom is 0.305 e. The molecule has 0 unspecified atom stereocenters. The van der Waals surface area contributed by atoms with Crippen LogP contribution in [0.25, 0.3) is 0 Å². The van der Waals surface area contributed by atoms with Gasteiger partial charge in [0.1, 0.15) is 0 Å². The first-order chi connectivity index (χ1) is 12.2. The molecule has 4 heteroatoms. The van der Waals surface area contributed by atoms with Gasteiger partial charge in [-0.1, -0.05) is 78.1 Å². The van der Waals surface area contributed by atoms with Crippen molar-refractivity contribution in [1.29, 1.82) is 0 Å². The van der Waals surface area contributed by atoms with E-state index in [1.165, 1.54) is 51.4 Å². The maximum absolute atomic E-state index is 11.6. The summed E-state index contributed by atoms with van der Waals surface area (Å²) >= 11 is 0. The van der Waals surface area contributed by atoms with Crippen molar-refractivity contribution in [3.8, 4) is 0 Å². The second-order valence-corrected chi connectivity index (χ2v) is 6.83. The van der Waals surface area contributed by atoms with Gasteiger partial charge in [-0.25, -0.2) is 0 Å². The highest BCUT2D eigenvalue weighted by Crippen LogP contribution is 2.08. The fourth-order valence-corrected chi connectivity index (χ4v) is 2.66. The number of unbranched alkanes of at least 4 members (excludes halogenated alkanes) is 10. The normalized spacial score (nSPS) is 10.6. The Morgan fingerprint density at radius 2 is 0.880 bits per heavy atom. The Hall–Kier alpha value is -1.06. The van der Waals surface area contributed by atoms with Crippen molar-refractivity contribution in [3.05, 3.63) is 0 Å². The molecule has 0 aromatic carbocycles. The van der Waals surface area contributed by atoms with Crippen LogP contribution in [-0.2, 0) is 19.1 Å². The van der Waals surface area contributed by atoms with Crippen molar-refractivity contribution in [1.82, 2.24) is 0 Å². The molecule has 148 valence electrons. The fourth-order valence-electron chi connectivity index (χ4n) is 2.66. The highest BCUT2D eigenvalue weighted by atomic mass is 16.5. The first kappa shape index (κ1) is 23.9. The zero-order valence-electron chi connectivity index (χ0n) is 16.7. The van der Waals surface area contributed by atoms with Crippen LogP contribution < -0.4 is 0 Å². The topological polar surface area (TPSA) is 52.6 Å². The van der Waals surface area contributed by atoms with E-state index in [1.54, 1.807) is 0 Å². The molecule has 0 saturated heterocycles. The molecule has 0 bridgehead atoms. The molecule has 0 N–H and O–H groups in total. The third-order valence-electron chi connectivity index (χ3n) is 4.28. The maximum atomic E-state index is 11.6. The highest BCUT2D eigenvalue weighted by molar-refractivity contribution is 5.72. The molecule has 0 saturated carbocycles. The van der Waals surface area contributed by atoms with E-state index in [0.29, 0.717) is 32.5 Å². The summed E-state index contributed by atoms with van der Waals surface area (Å²) in [6.45, 7) is 5.41. The van der Waals surface area contributed by atoms with E-state index < -0.39 is 0 Å². The number of ether oxygens (including phenoxy) is 2. The molecule has 0 fully saturated rings. The average molecular weight is 357 g/mol. The molecule has 4 nitrogen and oxygen atoms in total. The van der Waals surface area contributed by atoms with Crippen molar-refractivity contribution < 1.29 is 19.1 Å². The minimum Gasteiger partial charge on any atom is -0.466 e. The molecule has 25 heavy (non-hydrogen) atoms. The SMILES string of the molecule is CCCCCCCCCOC(=O)CCCC(=O)OCCCCCCC. The van der Waals surface area contributed by atoms with Crippen molar-refractivity contribution in [2.45, 2.75) is 110 Å². The first-order valence-electron chi connectivity index (χ1n) is 10.5. The molecule has 0 spiro atoms. The zero-order chi connectivity index (χ0) is 18.6. The average Bonchev–Trinajstić information content (AvgIpc) is 2.60. The number of carbonyl (C=O) groups is 2. The molecular weight excluding hydrogens is 316 g/mol. The lowest BCUT2D eigenvalue weighted by atomic mass is 10.1. The van der Waals surface area contributed by atoms with Crippen LogP contribution in [0.2, 0.25) is 0 Å². The van der Waals surface area contributed by atoms with Crippen LogP contribution in [0.3, 0.4) is 0 Å². The molecule has 0 radical (unpaired) electrons. The van der Waals surface area contributed by atoms with Crippen molar-refractivity contribution in [2.75, 3.05) is 13.2 Å². The predicted octanol–water partition coefficient (Wildman–Crippen LogP) is 5.96. The van der Waals surface area contributed by atoms with Gasteiger partial charge in [0, 0.05) is 12.8 Å². The van der Waals surface area contributed by atoms with Crippen molar-refractivity contribution in [3.63, 3.8) is 0 Å². The van der Waals surface area contributed by atoms with Crippen LogP contribution in [0.5, 0.6) is 0 Å². The van der Waals surface area contributed by atoms with E-state index in [4.69, 9.17) is 9.47 Å². The number of hydrogen-bond acceptors (Lipinski definition) is 4. The van der Waals surface area contributed by atoms with E-state index in [2.05, 4.69) is 13.8 Å². The standard InChI is InChI=1S/C21H40O4/c1-3-5-7-9-10-12-14-19-25-21(23)17-15-16-20(22)24-18-13-11-8-6-4-2/h3-19H2,1-2H3. The van der Waals surface area contributed by atoms with E-state index in [-0.39, 0.29) is 11.9 Å². The van der Waals surface area contributed by atoms with E-state index in [1.807, 2.05) is 0 Å². The Morgan fingerprint density at radius 3 is 1.28 bits per heavy atom. The lowest BCUT2D eigenvalue weighted by Crippen LogP contribution is -2.09. The summed E-state index contributed by atoms with van der Waals surface area (Å²) in [6, 6.07) is 0. The summed E-state index contributed by atoms with van der Waals surface area (Å²) in [6.07, 6.45) is 15.3. The lowest BCUT2D eigenvalue weighted by molar-refractivity contribution is -0.145. The molecule has 0 aliphatic heterocycles. The number of carbonyl (C=O) groups excluding carboxylic acids is 2. The number of hydrogen-bond donors (Lipinski definition) is 0.